The van der Waals surface area contributed by atoms with Gasteiger partial charge in [0.15, 0.2) is 0 Å². The van der Waals surface area contributed by atoms with Gasteiger partial charge in [0.2, 0.25) is 0 Å². The van der Waals surface area contributed by atoms with Crippen molar-refractivity contribution in [2.24, 2.45) is 5.73 Å². The molecule has 0 aromatic carbocycles. The normalized spacial score (nSPS) is 17.4. The van der Waals surface area contributed by atoms with Crippen LogP contribution in [0, 0.1) is 0 Å². The first kappa shape index (κ1) is 16.2. The number of likely N-dealkylation sites (tertiary alicyclic amines) is 1. The maximum absolute atomic E-state index is 5.85. The SMILES string of the molecule is CCN1CCC(N(C)c2cc(CN)cc(C(C)C)n2)CC1. The van der Waals surface area contributed by atoms with Gasteiger partial charge in [-0.25, -0.2) is 4.98 Å². The average molecular weight is 290 g/mol. The van der Waals surface area contributed by atoms with Gasteiger partial charge in [0.05, 0.1) is 0 Å². The number of aromatic nitrogens is 1. The van der Waals surface area contributed by atoms with Gasteiger partial charge >= 0.3 is 0 Å². The second-order valence-electron chi connectivity index (χ2n) is 6.39. The lowest BCUT2D eigenvalue weighted by molar-refractivity contribution is 0.220. The van der Waals surface area contributed by atoms with E-state index in [-0.39, 0.29) is 0 Å². The lowest BCUT2D eigenvalue weighted by Gasteiger charge is -2.37. The van der Waals surface area contributed by atoms with Crippen LogP contribution < -0.4 is 10.6 Å². The van der Waals surface area contributed by atoms with Crippen molar-refractivity contribution in [3.63, 3.8) is 0 Å². The number of nitrogens with zero attached hydrogens (tertiary/aromatic N) is 3. The highest BCUT2D eigenvalue weighted by atomic mass is 15.2. The molecule has 4 nitrogen and oxygen atoms in total. The fourth-order valence-electron chi connectivity index (χ4n) is 3.00. The molecule has 2 heterocycles. The van der Waals surface area contributed by atoms with E-state index in [0.717, 1.165) is 18.1 Å². The molecule has 0 amide bonds. The summed E-state index contributed by atoms with van der Waals surface area (Å²) in [7, 11) is 2.18. The number of hydrogen-bond donors (Lipinski definition) is 1. The Hall–Kier alpha value is -1.13. The predicted octanol–water partition coefficient (Wildman–Crippen LogP) is 2.58. The van der Waals surface area contributed by atoms with E-state index >= 15 is 0 Å². The van der Waals surface area contributed by atoms with Gasteiger partial charge in [-0.05, 0) is 43.0 Å². The van der Waals surface area contributed by atoms with Crippen LogP contribution in [0.5, 0.6) is 0 Å². The van der Waals surface area contributed by atoms with Gasteiger partial charge in [0.25, 0.3) is 0 Å². The third-order valence-electron chi connectivity index (χ3n) is 4.63. The highest BCUT2D eigenvalue weighted by Crippen LogP contribution is 2.24. The van der Waals surface area contributed by atoms with Gasteiger partial charge in [0.1, 0.15) is 5.82 Å². The zero-order chi connectivity index (χ0) is 15.4. The minimum atomic E-state index is 0.436. The van der Waals surface area contributed by atoms with Gasteiger partial charge in [0, 0.05) is 38.4 Å². The Labute approximate surface area is 129 Å². The monoisotopic (exact) mass is 290 g/mol. The summed E-state index contributed by atoms with van der Waals surface area (Å²) >= 11 is 0. The standard InChI is InChI=1S/C17H30N4/c1-5-21-8-6-15(7-9-21)20(4)17-11-14(12-18)10-16(19-17)13(2)3/h10-11,13,15H,5-9,12,18H2,1-4H3. The predicted molar refractivity (Wildman–Crippen MR) is 89.8 cm³/mol. The molecule has 2 rings (SSSR count). The molecule has 1 aromatic heterocycles. The van der Waals surface area contributed by atoms with Crippen molar-refractivity contribution in [3.05, 3.63) is 23.4 Å². The van der Waals surface area contributed by atoms with Gasteiger partial charge < -0.3 is 15.5 Å². The highest BCUT2D eigenvalue weighted by molar-refractivity contribution is 5.43. The van der Waals surface area contributed by atoms with Crippen LogP contribution in [0.4, 0.5) is 5.82 Å². The van der Waals surface area contributed by atoms with Crippen LogP contribution in [0.15, 0.2) is 12.1 Å². The van der Waals surface area contributed by atoms with Crippen LogP contribution >= 0.6 is 0 Å². The first-order chi connectivity index (χ1) is 10.0. The molecule has 0 radical (unpaired) electrons. The van der Waals surface area contributed by atoms with Crippen LogP contribution in [0.25, 0.3) is 0 Å². The van der Waals surface area contributed by atoms with E-state index in [1.165, 1.54) is 31.5 Å². The van der Waals surface area contributed by atoms with Crippen LogP contribution in [0.3, 0.4) is 0 Å². The molecule has 0 aliphatic carbocycles. The molecular weight excluding hydrogens is 260 g/mol. The van der Waals surface area contributed by atoms with E-state index in [4.69, 9.17) is 10.7 Å². The summed E-state index contributed by atoms with van der Waals surface area (Å²) in [6.45, 7) is 10.7. The maximum atomic E-state index is 5.85. The van der Waals surface area contributed by atoms with E-state index < -0.39 is 0 Å². The van der Waals surface area contributed by atoms with E-state index in [1.54, 1.807) is 0 Å². The number of piperidine rings is 1. The Morgan fingerprint density at radius 2 is 2.00 bits per heavy atom. The van der Waals surface area contributed by atoms with Crippen molar-refractivity contribution in [2.75, 3.05) is 31.6 Å². The molecule has 1 aliphatic heterocycles. The van der Waals surface area contributed by atoms with Gasteiger partial charge in [-0.3, -0.25) is 0 Å². The molecule has 0 bridgehead atoms. The molecule has 2 N–H and O–H groups in total. The van der Waals surface area contributed by atoms with E-state index in [1.807, 2.05) is 0 Å². The molecule has 1 fully saturated rings. The fourth-order valence-corrected chi connectivity index (χ4v) is 3.00. The Morgan fingerprint density at radius 3 is 2.52 bits per heavy atom. The molecule has 1 saturated heterocycles. The van der Waals surface area contributed by atoms with Crippen molar-refractivity contribution in [2.45, 2.75) is 52.1 Å². The van der Waals surface area contributed by atoms with Crippen LogP contribution in [0.1, 0.15) is 50.8 Å². The zero-order valence-corrected chi connectivity index (χ0v) is 14.0. The lowest BCUT2D eigenvalue weighted by atomic mass is 10.0. The zero-order valence-electron chi connectivity index (χ0n) is 14.0. The number of pyridine rings is 1. The summed E-state index contributed by atoms with van der Waals surface area (Å²) in [4.78, 5) is 9.73. The second kappa shape index (κ2) is 7.23. The van der Waals surface area contributed by atoms with E-state index in [0.29, 0.717) is 18.5 Å². The summed E-state index contributed by atoms with van der Waals surface area (Å²) in [6, 6.07) is 4.88. The maximum Gasteiger partial charge on any atom is 0.129 e. The number of anilines is 1. The summed E-state index contributed by atoms with van der Waals surface area (Å²) in [6.07, 6.45) is 2.44. The fraction of sp³-hybridized carbons (Fsp3) is 0.706. The third kappa shape index (κ3) is 3.95. The Kier molecular flexibility index (Phi) is 5.59. The highest BCUT2D eigenvalue weighted by Gasteiger charge is 2.23. The summed E-state index contributed by atoms with van der Waals surface area (Å²) < 4.78 is 0. The van der Waals surface area contributed by atoms with Crippen molar-refractivity contribution in [3.8, 4) is 0 Å². The van der Waals surface area contributed by atoms with Gasteiger partial charge in [-0.2, -0.15) is 0 Å². The van der Waals surface area contributed by atoms with E-state index in [9.17, 15) is 0 Å². The molecular formula is C17H30N4. The molecule has 0 atom stereocenters. The van der Waals surface area contributed by atoms with Crippen LogP contribution in [-0.2, 0) is 6.54 Å². The topological polar surface area (TPSA) is 45.4 Å². The molecule has 1 aromatic rings. The average Bonchev–Trinajstić information content (AvgIpc) is 2.53. The smallest absolute Gasteiger partial charge is 0.129 e. The second-order valence-corrected chi connectivity index (χ2v) is 6.39. The number of hydrogen-bond acceptors (Lipinski definition) is 4. The Bertz CT molecular complexity index is 450. The molecule has 4 heteroatoms. The van der Waals surface area contributed by atoms with E-state index in [2.05, 4.69) is 49.8 Å². The number of rotatable bonds is 5. The van der Waals surface area contributed by atoms with Crippen LogP contribution in [-0.4, -0.2) is 42.6 Å². The number of nitrogens with two attached hydrogens (primary N) is 1. The molecule has 0 unspecified atom stereocenters. The van der Waals surface area contributed by atoms with Crippen LogP contribution in [0.2, 0.25) is 0 Å². The first-order valence-electron chi connectivity index (χ1n) is 8.21. The van der Waals surface area contributed by atoms with Gasteiger partial charge in [-0.1, -0.05) is 20.8 Å². The molecule has 0 saturated carbocycles. The van der Waals surface area contributed by atoms with Crippen molar-refractivity contribution >= 4 is 5.82 Å². The van der Waals surface area contributed by atoms with Crippen molar-refractivity contribution in [1.82, 2.24) is 9.88 Å². The molecule has 118 valence electrons. The van der Waals surface area contributed by atoms with Crippen molar-refractivity contribution in [1.29, 1.82) is 0 Å². The lowest BCUT2D eigenvalue weighted by Crippen LogP contribution is -2.43. The quantitative estimate of drug-likeness (QED) is 0.905. The Morgan fingerprint density at radius 1 is 1.33 bits per heavy atom. The summed E-state index contributed by atoms with van der Waals surface area (Å²) in [5, 5.41) is 0. The summed E-state index contributed by atoms with van der Waals surface area (Å²) in [5.41, 5.74) is 8.18. The van der Waals surface area contributed by atoms with Gasteiger partial charge in [-0.15, -0.1) is 0 Å². The molecule has 21 heavy (non-hydrogen) atoms. The largest absolute Gasteiger partial charge is 0.357 e. The Balaban J connectivity index is 2.15. The minimum absolute atomic E-state index is 0.436. The third-order valence-corrected chi connectivity index (χ3v) is 4.63. The van der Waals surface area contributed by atoms with Crippen molar-refractivity contribution < 1.29 is 0 Å². The summed E-state index contributed by atoms with van der Waals surface area (Å²) in [5.74, 6) is 1.52. The molecule has 0 spiro atoms. The first-order valence-corrected chi connectivity index (χ1v) is 8.21. The minimum Gasteiger partial charge on any atom is -0.357 e. The molecule has 1 aliphatic rings.